The summed E-state index contributed by atoms with van der Waals surface area (Å²) in [6.07, 6.45) is 0. The molecule has 0 amide bonds. The number of aliphatic carboxylic acids is 1. The first-order chi connectivity index (χ1) is 11.5. The molecular formula is C12H17Cl3N2O7S. The standard InChI is InChI=1S/C8H5Cl3O3.C4H10N2.H2O4S/c9-4-1-6(11)7(2-5(4)10)14-3-8(12)13;1-2-6-4-3-5-1;1-5(2,3)4/h1-2H,3H2,(H,12,13);5-6H,1-4H2;(H2,1,2,3,4). The van der Waals surface area contributed by atoms with Gasteiger partial charge in [0.25, 0.3) is 0 Å². The maximum Gasteiger partial charge on any atom is 0.394 e. The zero-order valence-corrected chi connectivity index (χ0v) is 15.8. The SMILES string of the molecule is C1CNCCN1.O=C(O)COc1cc(Cl)c(Cl)cc1Cl.O=S(=O)(O)O. The third-order valence-corrected chi connectivity index (χ3v) is 3.30. The molecule has 1 aromatic rings. The van der Waals surface area contributed by atoms with Crippen molar-refractivity contribution < 1.29 is 32.2 Å². The van der Waals surface area contributed by atoms with Gasteiger partial charge >= 0.3 is 16.4 Å². The number of nitrogens with one attached hydrogen (secondary N) is 2. The molecule has 1 aliphatic heterocycles. The Labute approximate surface area is 159 Å². The monoisotopic (exact) mass is 438 g/mol. The second kappa shape index (κ2) is 12.5. The number of carbonyl (C=O) groups is 1. The van der Waals surface area contributed by atoms with E-state index >= 15 is 0 Å². The Hall–Kier alpha value is -0.850. The molecule has 25 heavy (non-hydrogen) atoms. The summed E-state index contributed by atoms with van der Waals surface area (Å²) in [6.45, 7) is 4.08. The van der Waals surface area contributed by atoms with Crippen LogP contribution in [0.25, 0.3) is 0 Å². The molecule has 0 unspecified atom stereocenters. The Morgan fingerprint density at radius 1 is 1.00 bits per heavy atom. The molecule has 0 saturated carbocycles. The Balaban J connectivity index is 0.000000429. The van der Waals surface area contributed by atoms with Crippen molar-refractivity contribution in [1.82, 2.24) is 10.6 Å². The van der Waals surface area contributed by atoms with Gasteiger partial charge in [-0.05, 0) is 6.07 Å². The van der Waals surface area contributed by atoms with Crippen LogP contribution in [0.1, 0.15) is 0 Å². The molecule has 1 heterocycles. The molecule has 0 radical (unpaired) electrons. The lowest BCUT2D eigenvalue weighted by Crippen LogP contribution is -2.39. The Morgan fingerprint density at radius 2 is 1.40 bits per heavy atom. The number of piperazine rings is 1. The maximum absolute atomic E-state index is 10.2. The van der Waals surface area contributed by atoms with Gasteiger partial charge in [0.15, 0.2) is 6.61 Å². The van der Waals surface area contributed by atoms with Crippen LogP contribution >= 0.6 is 34.8 Å². The van der Waals surface area contributed by atoms with Crippen molar-refractivity contribution in [3.8, 4) is 5.75 Å². The summed E-state index contributed by atoms with van der Waals surface area (Å²) in [5.74, 6) is -0.893. The average molecular weight is 440 g/mol. The van der Waals surface area contributed by atoms with Crippen LogP contribution in [0.3, 0.4) is 0 Å². The quantitative estimate of drug-likeness (QED) is 0.350. The lowest BCUT2D eigenvalue weighted by atomic mass is 10.3. The van der Waals surface area contributed by atoms with Crippen LogP contribution in [0.2, 0.25) is 15.1 Å². The summed E-state index contributed by atoms with van der Waals surface area (Å²) in [5.41, 5.74) is 0. The third-order valence-electron chi connectivity index (χ3n) is 2.28. The van der Waals surface area contributed by atoms with Crippen molar-refractivity contribution in [3.63, 3.8) is 0 Å². The molecule has 144 valence electrons. The van der Waals surface area contributed by atoms with Crippen molar-refractivity contribution >= 4 is 51.2 Å². The smallest absolute Gasteiger partial charge is 0.394 e. The largest absolute Gasteiger partial charge is 0.480 e. The molecule has 9 nitrogen and oxygen atoms in total. The van der Waals surface area contributed by atoms with Gasteiger partial charge < -0.3 is 20.5 Å². The minimum Gasteiger partial charge on any atom is -0.480 e. The number of carboxylic acid groups (broad SMARTS) is 1. The normalized spacial score (nSPS) is 13.6. The van der Waals surface area contributed by atoms with Gasteiger partial charge in [0.1, 0.15) is 5.75 Å². The van der Waals surface area contributed by atoms with E-state index in [4.69, 9.17) is 62.2 Å². The summed E-state index contributed by atoms with van der Waals surface area (Å²) < 4.78 is 36.4. The first kappa shape index (κ1) is 24.1. The van der Waals surface area contributed by atoms with E-state index in [-0.39, 0.29) is 15.8 Å². The maximum atomic E-state index is 10.2. The van der Waals surface area contributed by atoms with E-state index in [2.05, 4.69) is 10.6 Å². The number of hydrogen-bond donors (Lipinski definition) is 5. The lowest BCUT2D eigenvalue weighted by Gasteiger charge is -2.11. The van der Waals surface area contributed by atoms with Gasteiger partial charge in [-0.2, -0.15) is 8.42 Å². The predicted octanol–water partition coefficient (Wildman–Crippen LogP) is 1.64. The van der Waals surface area contributed by atoms with E-state index in [0.29, 0.717) is 5.02 Å². The van der Waals surface area contributed by atoms with Gasteiger partial charge in [-0.3, -0.25) is 9.11 Å². The zero-order chi connectivity index (χ0) is 19.5. The summed E-state index contributed by atoms with van der Waals surface area (Å²) >= 11 is 17.1. The summed E-state index contributed by atoms with van der Waals surface area (Å²) in [6, 6.07) is 2.76. The number of carboxylic acids is 1. The van der Waals surface area contributed by atoms with E-state index in [0.717, 1.165) is 26.2 Å². The summed E-state index contributed by atoms with van der Waals surface area (Å²) in [7, 11) is -4.67. The van der Waals surface area contributed by atoms with E-state index in [1.165, 1.54) is 12.1 Å². The minimum absolute atomic E-state index is 0.198. The van der Waals surface area contributed by atoms with Crippen LogP contribution in [0.4, 0.5) is 0 Å². The average Bonchev–Trinajstić information content (AvgIpc) is 2.50. The molecule has 1 aromatic carbocycles. The third kappa shape index (κ3) is 15.1. The van der Waals surface area contributed by atoms with Crippen LogP contribution in [-0.2, 0) is 15.2 Å². The van der Waals surface area contributed by atoms with E-state index < -0.39 is 23.0 Å². The van der Waals surface area contributed by atoms with Gasteiger partial charge in [0, 0.05) is 32.2 Å². The summed E-state index contributed by atoms with van der Waals surface area (Å²) in [4.78, 5) is 10.2. The molecule has 0 bridgehead atoms. The Kier molecular flexibility index (Phi) is 12.1. The number of hydrogen-bond acceptors (Lipinski definition) is 6. The highest BCUT2D eigenvalue weighted by atomic mass is 35.5. The highest BCUT2D eigenvalue weighted by Crippen LogP contribution is 2.33. The fourth-order valence-electron chi connectivity index (χ4n) is 1.36. The minimum atomic E-state index is -4.67. The number of benzene rings is 1. The fourth-order valence-corrected chi connectivity index (χ4v) is 1.95. The Bertz CT molecular complexity index is 635. The lowest BCUT2D eigenvalue weighted by molar-refractivity contribution is -0.139. The van der Waals surface area contributed by atoms with Gasteiger partial charge in [-0.1, -0.05) is 34.8 Å². The molecule has 0 aromatic heterocycles. The molecule has 5 N–H and O–H groups in total. The van der Waals surface area contributed by atoms with Crippen molar-refractivity contribution in [2.24, 2.45) is 0 Å². The second-order valence-electron chi connectivity index (χ2n) is 4.33. The predicted molar refractivity (Wildman–Crippen MR) is 94.5 cm³/mol. The first-order valence-electron chi connectivity index (χ1n) is 6.61. The van der Waals surface area contributed by atoms with Crippen molar-refractivity contribution in [3.05, 3.63) is 27.2 Å². The van der Waals surface area contributed by atoms with Gasteiger partial charge in [0.2, 0.25) is 0 Å². The first-order valence-corrected chi connectivity index (χ1v) is 9.14. The highest BCUT2D eigenvalue weighted by molar-refractivity contribution is 7.79. The molecule has 1 saturated heterocycles. The number of halogens is 3. The number of ether oxygens (including phenoxy) is 1. The van der Waals surface area contributed by atoms with Crippen LogP contribution < -0.4 is 15.4 Å². The van der Waals surface area contributed by atoms with Crippen LogP contribution in [0, 0.1) is 0 Å². The molecular weight excluding hydrogens is 423 g/mol. The molecule has 0 spiro atoms. The Morgan fingerprint density at radius 3 is 1.76 bits per heavy atom. The van der Waals surface area contributed by atoms with Crippen molar-refractivity contribution in [1.29, 1.82) is 0 Å². The molecule has 2 rings (SSSR count). The topological polar surface area (TPSA) is 145 Å². The van der Waals surface area contributed by atoms with E-state index in [9.17, 15) is 4.79 Å². The van der Waals surface area contributed by atoms with Gasteiger partial charge in [-0.15, -0.1) is 0 Å². The fraction of sp³-hybridized carbons (Fsp3) is 0.417. The zero-order valence-electron chi connectivity index (χ0n) is 12.7. The van der Waals surface area contributed by atoms with Gasteiger partial charge in [-0.25, -0.2) is 4.79 Å². The van der Waals surface area contributed by atoms with Gasteiger partial charge in [0.05, 0.1) is 15.1 Å². The molecule has 1 fully saturated rings. The van der Waals surface area contributed by atoms with Crippen molar-refractivity contribution in [2.45, 2.75) is 0 Å². The molecule has 13 heteroatoms. The van der Waals surface area contributed by atoms with Crippen LogP contribution in [0.15, 0.2) is 12.1 Å². The number of rotatable bonds is 3. The van der Waals surface area contributed by atoms with Crippen LogP contribution in [0.5, 0.6) is 5.75 Å². The highest BCUT2D eigenvalue weighted by Gasteiger charge is 2.08. The summed E-state index contributed by atoms with van der Waals surface area (Å²) in [5, 5.41) is 15.6. The molecule has 0 aliphatic carbocycles. The molecule has 1 aliphatic rings. The second-order valence-corrected chi connectivity index (χ2v) is 6.44. The van der Waals surface area contributed by atoms with E-state index in [1.54, 1.807) is 0 Å². The molecule has 0 atom stereocenters. The van der Waals surface area contributed by atoms with Crippen molar-refractivity contribution in [2.75, 3.05) is 32.8 Å². The van der Waals surface area contributed by atoms with E-state index in [1.807, 2.05) is 0 Å². The van der Waals surface area contributed by atoms with Crippen LogP contribution in [-0.4, -0.2) is 61.4 Å².